The highest BCUT2D eigenvalue weighted by Crippen LogP contribution is 2.33. The monoisotopic (exact) mass is 409 g/mol. The Morgan fingerprint density at radius 2 is 1.80 bits per heavy atom. The third-order valence-electron chi connectivity index (χ3n) is 5.68. The molecule has 0 aliphatic carbocycles. The molecule has 0 radical (unpaired) electrons. The van der Waals surface area contributed by atoms with E-state index in [0.717, 1.165) is 16.0 Å². The van der Waals surface area contributed by atoms with Crippen LogP contribution >= 0.6 is 0 Å². The number of imide groups is 1. The quantitative estimate of drug-likeness (QED) is 0.714. The van der Waals surface area contributed by atoms with Crippen molar-refractivity contribution in [3.8, 4) is 5.75 Å². The summed E-state index contributed by atoms with van der Waals surface area (Å²) in [7, 11) is 3.23. The van der Waals surface area contributed by atoms with Crippen molar-refractivity contribution in [2.75, 3.05) is 20.7 Å². The van der Waals surface area contributed by atoms with Crippen LogP contribution in [0.5, 0.6) is 5.75 Å². The molecule has 0 spiro atoms. The van der Waals surface area contributed by atoms with E-state index in [9.17, 15) is 14.4 Å². The molecule has 1 aliphatic rings. The molecule has 1 aliphatic heterocycles. The Bertz CT molecular complexity index is 957. The number of hydrogen-bond acceptors (Lipinski definition) is 4. The van der Waals surface area contributed by atoms with Gasteiger partial charge in [0.2, 0.25) is 5.91 Å². The van der Waals surface area contributed by atoms with Crippen LogP contribution in [0.15, 0.2) is 48.5 Å². The summed E-state index contributed by atoms with van der Waals surface area (Å²) in [5, 5.41) is 2.80. The van der Waals surface area contributed by atoms with E-state index >= 15 is 0 Å². The molecular formula is C23H27N3O4. The maximum absolute atomic E-state index is 13.2. The van der Waals surface area contributed by atoms with Crippen LogP contribution in [0.4, 0.5) is 4.79 Å². The predicted molar refractivity (Wildman–Crippen MR) is 113 cm³/mol. The van der Waals surface area contributed by atoms with E-state index in [1.165, 1.54) is 4.90 Å². The number of benzene rings is 2. The molecule has 2 aromatic carbocycles. The molecule has 7 heteroatoms. The molecule has 1 atom stereocenters. The summed E-state index contributed by atoms with van der Waals surface area (Å²) < 4.78 is 5.17. The Hall–Kier alpha value is -3.35. The highest BCUT2D eigenvalue weighted by molar-refractivity contribution is 6.09. The largest absolute Gasteiger partial charge is 0.497 e. The summed E-state index contributed by atoms with van der Waals surface area (Å²) in [6.45, 7) is 3.92. The second-order valence-electron chi connectivity index (χ2n) is 7.49. The lowest BCUT2D eigenvalue weighted by molar-refractivity contribution is -0.138. The molecule has 1 N–H and O–H groups in total. The second-order valence-corrected chi connectivity index (χ2v) is 7.49. The number of hydrogen-bond donors (Lipinski definition) is 1. The van der Waals surface area contributed by atoms with Crippen molar-refractivity contribution >= 4 is 17.8 Å². The molecule has 158 valence electrons. The van der Waals surface area contributed by atoms with Gasteiger partial charge in [0, 0.05) is 13.6 Å². The van der Waals surface area contributed by atoms with Crippen molar-refractivity contribution in [3.63, 3.8) is 0 Å². The first kappa shape index (κ1) is 21.4. The molecule has 2 aromatic rings. The van der Waals surface area contributed by atoms with Gasteiger partial charge in [0.25, 0.3) is 5.91 Å². The van der Waals surface area contributed by atoms with Crippen LogP contribution in [0.1, 0.15) is 30.0 Å². The number of nitrogens with zero attached hydrogens (tertiary/aromatic N) is 2. The number of aryl methyl sites for hydroxylation is 1. The fourth-order valence-corrected chi connectivity index (χ4v) is 3.67. The maximum atomic E-state index is 13.2. The van der Waals surface area contributed by atoms with Crippen molar-refractivity contribution in [2.45, 2.75) is 32.4 Å². The van der Waals surface area contributed by atoms with Gasteiger partial charge in [-0.3, -0.25) is 14.5 Å². The number of carbonyl (C=O) groups is 3. The van der Waals surface area contributed by atoms with Gasteiger partial charge in [0.15, 0.2) is 0 Å². The molecule has 3 rings (SSSR count). The molecule has 0 bridgehead atoms. The number of rotatable bonds is 7. The highest BCUT2D eigenvalue weighted by atomic mass is 16.5. The van der Waals surface area contributed by atoms with E-state index in [1.54, 1.807) is 38.4 Å². The molecule has 30 heavy (non-hydrogen) atoms. The minimum Gasteiger partial charge on any atom is -0.497 e. The minimum atomic E-state index is -1.18. The zero-order valence-corrected chi connectivity index (χ0v) is 17.8. The number of ether oxygens (including phenoxy) is 1. The first-order chi connectivity index (χ1) is 14.3. The van der Waals surface area contributed by atoms with Crippen LogP contribution in [0.2, 0.25) is 0 Å². The van der Waals surface area contributed by atoms with Crippen molar-refractivity contribution in [2.24, 2.45) is 0 Å². The smallest absolute Gasteiger partial charge is 0.325 e. The highest BCUT2D eigenvalue weighted by Gasteiger charge is 2.51. The van der Waals surface area contributed by atoms with E-state index < -0.39 is 17.5 Å². The SMILES string of the molecule is CC[C@@]1(c2ccc(OC)cc2)NC(=O)N(CC(=O)N(C)Cc2ccccc2C)C1=O. The van der Waals surface area contributed by atoms with E-state index in [0.29, 0.717) is 24.3 Å². The Morgan fingerprint density at radius 3 is 2.40 bits per heavy atom. The first-order valence-corrected chi connectivity index (χ1v) is 9.89. The van der Waals surface area contributed by atoms with Gasteiger partial charge in [-0.15, -0.1) is 0 Å². The predicted octanol–water partition coefficient (Wildman–Crippen LogP) is 2.82. The van der Waals surface area contributed by atoms with E-state index in [2.05, 4.69) is 5.32 Å². The second kappa shape index (κ2) is 8.57. The normalized spacial score (nSPS) is 18.3. The molecule has 1 saturated heterocycles. The molecule has 0 unspecified atom stereocenters. The Morgan fingerprint density at radius 1 is 1.13 bits per heavy atom. The van der Waals surface area contributed by atoms with Gasteiger partial charge >= 0.3 is 6.03 Å². The van der Waals surface area contributed by atoms with E-state index in [1.807, 2.05) is 38.1 Å². The fraction of sp³-hybridized carbons (Fsp3) is 0.348. The van der Waals surface area contributed by atoms with Crippen molar-refractivity contribution in [1.82, 2.24) is 15.1 Å². The molecule has 0 saturated carbocycles. The molecular weight excluding hydrogens is 382 g/mol. The van der Waals surface area contributed by atoms with Gasteiger partial charge in [-0.2, -0.15) is 0 Å². The standard InChI is InChI=1S/C23H27N3O4/c1-5-23(18-10-12-19(30-4)13-11-18)21(28)26(22(29)24-23)15-20(27)25(3)14-17-9-7-6-8-16(17)2/h6-13H,5,14-15H2,1-4H3,(H,24,29)/t23-/m0/s1. The molecule has 4 amide bonds. The lowest BCUT2D eigenvalue weighted by Gasteiger charge is -2.26. The van der Waals surface area contributed by atoms with E-state index in [-0.39, 0.29) is 12.5 Å². The van der Waals surface area contributed by atoms with Crippen LogP contribution < -0.4 is 10.1 Å². The lowest BCUT2D eigenvalue weighted by Crippen LogP contribution is -2.45. The summed E-state index contributed by atoms with van der Waals surface area (Å²) in [5.41, 5.74) is 1.58. The topological polar surface area (TPSA) is 79.0 Å². The first-order valence-electron chi connectivity index (χ1n) is 9.89. The van der Waals surface area contributed by atoms with Gasteiger partial charge in [-0.1, -0.05) is 43.3 Å². The number of methoxy groups -OCH3 is 1. The van der Waals surface area contributed by atoms with Crippen LogP contribution in [0.3, 0.4) is 0 Å². The molecule has 1 fully saturated rings. The maximum Gasteiger partial charge on any atom is 0.325 e. The van der Waals surface area contributed by atoms with E-state index in [4.69, 9.17) is 4.74 Å². The van der Waals surface area contributed by atoms with Crippen LogP contribution in [-0.2, 0) is 21.7 Å². The van der Waals surface area contributed by atoms with Crippen LogP contribution in [0.25, 0.3) is 0 Å². The number of amides is 4. The molecule has 1 heterocycles. The minimum absolute atomic E-state index is 0.301. The Labute approximate surface area is 176 Å². The van der Waals surface area contributed by atoms with Gasteiger partial charge in [0.1, 0.15) is 17.8 Å². The summed E-state index contributed by atoms with van der Waals surface area (Å²) in [5.74, 6) is -0.0622. The summed E-state index contributed by atoms with van der Waals surface area (Å²) in [4.78, 5) is 41.2. The Kier molecular flexibility index (Phi) is 6.10. The summed E-state index contributed by atoms with van der Waals surface area (Å²) in [6.07, 6.45) is 0.369. The summed E-state index contributed by atoms with van der Waals surface area (Å²) >= 11 is 0. The zero-order valence-electron chi connectivity index (χ0n) is 17.8. The van der Waals surface area contributed by atoms with Gasteiger partial charge in [-0.25, -0.2) is 4.79 Å². The zero-order chi connectivity index (χ0) is 21.9. The van der Waals surface area contributed by atoms with Gasteiger partial charge in [-0.05, 0) is 42.2 Å². The van der Waals surface area contributed by atoms with Crippen molar-refractivity contribution < 1.29 is 19.1 Å². The number of likely N-dealkylation sites (N-methyl/N-ethyl adjacent to an activating group) is 1. The van der Waals surface area contributed by atoms with Crippen LogP contribution in [0, 0.1) is 6.92 Å². The Balaban J connectivity index is 1.76. The number of nitrogens with one attached hydrogen (secondary N) is 1. The van der Waals surface area contributed by atoms with Crippen molar-refractivity contribution in [3.05, 3.63) is 65.2 Å². The number of urea groups is 1. The van der Waals surface area contributed by atoms with Crippen molar-refractivity contribution in [1.29, 1.82) is 0 Å². The van der Waals surface area contributed by atoms with Crippen LogP contribution in [-0.4, -0.2) is 48.3 Å². The average molecular weight is 409 g/mol. The lowest BCUT2D eigenvalue weighted by atomic mass is 9.87. The molecule has 7 nitrogen and oxygen atoms in total. The third kappa shape index (κ3) is 3.87. The summed E-state index contributed by atoms with van der Waals surface area (Å²) in [6, 6.07) is 14.3. The molecule has 0 aromatic heterocycles. The third-order valence-corrected chi connectivity index (χ3v) is 5.68. The average Bonchev–Trinajstić information content (AvgIpc) is 3.00. The number of carbonyl (C=O) groups excluding carboxylic acids is 3. The van der Waals surface area contributed by atoms with Gasteiger partial charge in [0.05, 0.1) is 7.11 Å². The van der Waals surface area contributed by atoms with Gasteiger partial charge < -0.3 is 15.0 Å². The fourth-order valence-electron chi connectivity index (χ4n) is 3.67.